The highest BCUT2D eigenvalue weighted by Gasteiger charge is 2.09. The number of benzene rings is 1. The number of anilines is 2. The summed E-state index contributed by atoms with van der Waals surface area (Å²) >= 11 is 0. The van der Waals surface area contributed by atoms with E-state index < -0.39 is 10.0 Å². The molecule has 1 aromatic carbocycles. The molecule has 0 bridgehead atoms. The molecule has 0 aliphatic carbocycles. The van der Waals surface area contributed by atoms with Crippen LogP contribution in [-0.4, -0.2) is 25.7 Å². The maximum Gasteiger partial charge on any atom is 0.233 e. The summed E-state index contributed by atoms with van der Waals surface area (Å²) in [5, 5.41) is 3.13. The predicted octanol–water partition coefficient (Wildman–Crippen LogP) is 3.03. The molecule has 1 aromatic heterocycles. The van der Waals surface area contributed by atoms with Gasteiger partial charge in [0.25, 0.3) is 0 Å². The van der Waals surface area contributed by atoms with Crippen molar-refractivity contribution < 1.29 is 12.8 Å². The van der Waals surface area contributed by atoms with Gasteiger partial charge in [-0.15, -0.1) is 0 Å². The fourth-order valence-electron chi connectivity index (χ4n) is 2.08. The average Bonchev–Trinajstić information content (AvgIpc) is 2.50. The minimum atomic E-state index is -3.33. The Bertz CT molecular complexity index is 733. The van der Waals surface area contributed by atoms with E-state index in [4.69, 9.17) is 0 Å². The second-order valence-corrected chi connectivity index (χ2v) is 6.96. The molecule has 124 valence electrons. The highest BCUT2D eigenvalue weighted by molar-refractivity contribution is 7.92. The number of nitrogens with zero attached hydrogens (tertiary/aromatic N) is 1. The summed E-state index contributed by atoms with van der Waals surface area (Å²) in [5.74, 6) is 0.142. The number of hydrogen-bond acceptors (Lipinski definition) is 4. The molecule has 0 aliphatic rings. The van der Waals surface area contributed by atoms with Crippen LogP contribution in [0.1, 0.15) is 18.9 Å². The zero-order chi connectivity index (χ0) is 16.7. The minimum absolute atomic E-state index is 0.0668. The lowest BCUT2D eigenvalue weighted by Crippen LogP contribution is -2.17. The second kappa shape index (κ2) is 7.92. The Morgan fingerprint density at radius 2 is 1.96 bits per heavy atom. The van der Waals surface area contributed by atoms with Gasteiger partial charge in [-0.25, -0.2) is 17.8 Å². The van der Waals surface area contributed by atoms with Crippen LogP contribution < -0.4 is 10.0 Å². The lowest BCUT2D eigenvalue weighted by atomic mass is 10.1. The fourth-order valence-corrected chi connectivity index (χ4v) is 3.16. The van der Waals surface area contributed by atoms with Gasteiger partial charge in [-0.05, 0) is 36.6 Å². The van der Waals surface area contributed by atoms with Crippen molar-refractivity contribution in [1.29, 1.82) is 0 Å². The number of rotatable bonds is 8. The Balaban J connectivity index is 1.87. The highest BCUT2D eigenvalue weighted by Crippen LogP contribution is 2.12. The molecule has 5 nitrogen and oxygen atoms in total. The van der Waals surface area contributed by atoms with E-state index in [2.05, 4.69) is 15.0 Å². The van der Waals surface area contributed by atoms with E-state index in [1.54, 1.807) is 43.5 Å². The molecule has 0 saturated carbocycles. The molecule has 2 rings (SSSR count). The first-order valence-electron chi connectivity index (χ1n) is 7.44. The van der Waals surface area contributed by atoms with Gasteiger partial charge in [0.05, 0.1) is 17.6 Å². The smallest absolute Gasteiger partial charge is 0.233 e. The van der Waals surface area contributed by atoms with Gasteiger partial charge in [0.1, 0.15) is 11.6 Å². The maximum absolute atomic E-state index is 13.5. The minimum Gasteiger partial charge on any atom is -0.383 e. The molecule has 0 fully saturated rings. The monoisotopic (exact) mass is 337 g/mol. The van der Waals surface area contributed by atoms with Crippen molar-refractivity contribution in [3.8, 4) is 0 Å². The van der Waals surface area contributed by atoms with E-state index in [0.29, 0.717) is 24.9 Å². The van der Waals surface area contributed by atoms with Gasteiger partial charge in [-0.3, -0.25) is 4.72 Å². The largest absolute Gasteiger partial charge is 0.383 e. The van der Waals surface area contributed by atoms with Gasteiger partial charge < -0.3 is 5.32 Å². The summed E-state index contributed by atoms with van der Waals surface area (Å²) in [7, 11) is -3.33. The van der Waals surface area contributed by atoms with Crippen LogP contribution >= 0.6 is 0 Å². The lowest BCUT2D eigenvalue weighted by Gasteiger charge is -2.09. The Morgan fingerprint density at radius 1 is 1.17 bits per heavy atom. The van der Waals surface area contributed by atoms with Crippen molar-refractivity contribution in [1.82, 2.24) is 4.98 Å². The van der Waals surface area contributed by atoms with E-state index in [0.717, 1.165) is 5.69 Å². The molecular weight excluding hydrogens is 317 g/mol. The number of halogens is 1. The maximum atomic E-state index is 13.5. The molecule has 0 aliphatic heterocycles. The van der Waals surface area contributed by atoms with Gasteiger partial charge in [0, 0.05) is 6.54 Å². The third-order valence-electron chi connectivity index (χ3n) is 3.18. The standard InChI is InChI=1S/C16H20FN3O2S/c1-2-11-23(21,22)20-16-8-7-14(12-19-16)18-10-9-13-5-3-4-6-15(13)17/h3-8,12,18H,2,9-11H2,1H3,(H,19,20). The number of sulfonamides is 1. The first-order chi connectivity index (χ1) is 11.0. The summed E-state index contributed by atoms with van der Waals surface area (Å²) in [5.41, 5.74) is 1.40. The van der Waals surface area contributed by atoms with Gasteiger partial charge in [0.2, 0.25) is 10.0 Å². The van der Waals surface area contributed by atoms with Gasteiger partial charge >= 0.3 is 0 Å². The van der Waals surface area contributed by atoms with E-state index in [1.807, 2.05) is 0 Å². The first kappa shape index (κ1) is 17.2. The Hall–Kier alpha value is -2.15. The van der Waals surface area contributed by atoms with Crippen LogP contribution in [0, 0.1) is 5.82 Å². The Kier molecular flexibility index (Phi) is 5.92. The average molecular weight is 337 g/mol. The van der Waals surface area contributed by atoms with Crippen LogP contribution in [0.2, 0.25) is 0 Å². The summed E-state index contributed by atoms with van der Waals surface area (Å²) in [4.78, 5) is 4.06. The summed E-state index contributed by atoms with van der Waals surface area (Å²) in [6, 6.07) is 9.98. The van der Waals surface area contributed by atoms with Crippen molar-refractivity contribution in [3.63, 3.8) is 0 Å². The number of pyridine rings is 1. The van der Waals surface area contributed by atoms with Crippen molar-refractivity contribution in [3.05, 3.63) is 54.0 Å². The summed E-state index contributed by atoms with van der Waals surface area (Å²) in [6.45, 7) is 2.36. The molecule has 0 radical (unpaired) electrons. The third-order valence-corrected chi connectivity index (χ3v) is 4.64. The second-order valence-electron chi connectivity index (χ2n) is 5.12. The molecule has 2 aromatic rings. The van der Waals surface area contributed by atoms with Crippen LogP contribution in [-0.2, 0) is 16.4 Å². The van der Waals surface area contributed by atoms with Crippen molar-refractivity contribution in [2.24, 2.45) is 0 Å². The highest BCUT2D eigenvalue weighted by atomic mass is 32.2. The Morgan fingerprint density at radius 3 is 2.61 bits per heavy atom. The number of hydrogen-bond donors (Lipinski definition) is 2. The first-order valence-corrected chi connectivity index (χ1v) is 9.09. The quantitative estimate of drug-likeness (QED) is 0.777. The van der Waals surface area contributed by atoms with Crippen molar-refractivity contribution in [2.45, 2.75) is 19.8 Å². The zero-order valence-corrected chi connectivity index (χ0v) is 13.7. The van der Waals surface area contributed by atoms with Crippen LogP contribution in [0.5, 0.6) is 0 Å². The van der Waals surface area contributed by atoms with Crippen molar-refractivity contribution >= 4 is 21.5 Å². The van der Waals surface area contributed by atoms with E-state index in [-0.39, 0.29) is 17.4 Å². The van der Waals surface area contributed by atoms with Crippen LogP contribution in [0.3, 0.4) is 0 Å². The van der Waals surface area contributed by atoms with Crippen LogP contribution in [0.4, 0.5) is 15.9 Å². The van der Waals surface area contributed by atoms with Crippen LogP contribution in [0.15, 0.2) is 42.6 Å². The predicted molar refractivity (Wildman–Crippen MR) is 90.5 cm³/mol. The number of nitrogens with one attached hydrogen (secondary N) is 2. The Labute approximate surface area is 136 Å². The van der Waals surface area contributed by atoms with Gasteiger partial charge in [0.15, 0.2) is 0 Å². The molecular formula is C16H20FN3O2S. The molecule has 2 N–H and O–H groups in total. The van der Waals surface area contributed by atoms with Gasteiger partial charge in [-0.2, -0.15) is 0 Å². The molecule has 23 heavy (non-hydrogen) atoms. The van der Waals surface area contributed by atoms with E-state index >= 15 is 0 Å². The molecule has 0 unspecified atom stereocenters. The molecule has 7 heteroatoms. The van der Waals surface area contributed by atoms with Gasteiger partial charge in [-0.1, -0.05) is 25.1 Å². The van der Waals surface area contributed by atoms with E-state index in [1.165, 1.54) is 6.07 Å². The lowest BCUT2D eigenvalue weighted by molar-refractivity contribution is 0.599. The third kappa shape index (κ3) is 5.52. The van der Waals surface area contributed by atoms with E-state index in [9.17, 15) is 12.8 Å². The normalized spacial score (nSPS) is 11.2. The molecule has 1 heterocycles. The molecule has 0 atom stereocenters. The number of aromatic nitrogens is 1. The molecule has 0 saturated heterocycles. The molecule has 0 amide bonds. The zero-order valence-electron chi connectivity index (χ0n) is 12.9. The van der Waals surface area contributed by atoms with Crippen molar-refractivity contribution in [2.75, 3.05) is 22.3 Å². The summed E-state index contributed by atoms with van der Waals surface area (Å²) in [6.07, 6.45) is 2.65. The summed E-state index contributed by atoms with van der Waals surface area (Å²) < 4.78 is 39.2. The SMILES string of the molecule is CCCS(=O)(=O)Nc1ccc(NCCc2ccccc2F)cn1. The van der Waals surface area contributed by atoms with Crippen LogP contribution in [0.25, 0.3) is 0 Å². The fraction of sp³-hybridized carbons (Fsp3) is 0.312. The molecule has 0 spiro atoms. The topological polar surface area (TPSA) is 71.1 Å².